The standard InChI is InChI=1S/C20H19ClN2O2/c21-17-11-13(24)4-5-14(17)19-15-2-1-9-25-20(15)16-10-12(7-8-22)3-6-18(16)23-19/h3-6,10-11,15,19-20,23-24H,1-2,7,9H2. The van der Waals surface area contributed by atoms with Gasteiger partial charge in [-0.1, -0.05) is 29.8 Å². The van der Waals surface area contributed by atoms with Gasteiger partial charge in [-0.05, 0) is 42.2 Å². The summed E-state index contributed by atoms with van der Waals surface area (Å²) in [7, 11) is 0. The molecule has 4 nitrogen and oxygen atoms in total. The van der Waals surface area contributed by atoms with Crippen LogP contribution in [0.5, 0.6) is 5.75 Å². The van der Waals surface area contributed by atoms with Crippen LogP contribution in [0.15, 0.2) is 36.4 Å². The van der Waals surface area contributed by atoms with Crippen LogP contribution >= 0.6 is 11.6 Å². The molecule has 5 heteroatoms. The molecule has 0 spiro atoms. The number of nitrogens with zero attached hydrogens (tertiary/aromatic N) is 1. The number of phenolic OH excluding ortho intramolecular Hbond substituents is 1. The molecule has 2 aromatic carbocycles. The highest BCUT2D eigenvalue weighted by molar-refractivity contribution is 6.31. The summed E-state index contributed by atoms with van der Waals surface area (Å²) in [5.74, 6) is 0.433. The van der Waals surface area contributed by atoms with Crippen molar-refractivity contribution in [2.45, 2.75) is 31.4 Å². The third-order valence-electron chi connectivity index (χ3n) is 5.13. The average molecular weight is 355 g/mol. The van der Waals surface area contributed by atoms with Crippen molar-refractivity contribution in [1.29, 1.82) is 5.26 Å². The highest BCUT2D eigenvalue weighted by atomic mass is 35.5. The molecule has 0 aliphatic carbocycles. The molecule has 0 saturated carbocycles. The van der Waals surface area contributed by atoms with Gasteiger partial charge in [-0.2, -0.15) is 5.26 Å². The fraction of sp³-hybridized carbons (Fsp3) is 0.350. The van der Waals surface area contributed by atoms with E-state index in [4.69, 9.17) is 21.6 Å². The molecule has 0 radical (unpaired) electrons. The first-order chi connectivity index (χ1) is 12.2. The van der Waals surface area contributed by atoms with Crippen LogP contribution in [0.4, 0.5) is 5.69 Å². The van der Waals surface area contributed by atoms with Crippen LogP contribution < -0.4 is 5.32 Å². The zero-order valence-corrected chi connectivity index (χ0v) is 14.5. The second-order valence-corrected chi connectivity index (χ2v) is 7.09. The van der Waals surface area contributed by atoms with Crippen molar-refractivity contribution in [2.75, 3.05) is 11.9 Å². The van der Waals surface area contributed by atoms with Crippen LogP contribution in [0.3, 0.4) is 0 Å². The lowest BCUT2D eigenvalue weighted by atomic mass is 9.77. The summed E-state index contributed by atoms with van der Waals surface area (Å²) < 4.78 is 6.14. The second-order valence-electron chi connectivity index (χ2n) is 6.68. The monoisotopic (exact) mass is 354 g/mol. The number of halogens is 1. The van der Waals surface area contributed by atoms with Crippen molar-refractivity contribution in [2.24, 2.45) is 5.92 Å². The van der Waals surface area contributed by atoms with E-state index in [1.54, 1.807) is 12.1 Å². The van der Waals surface area contributed by atoms with Crippen molar-refractivity contribution in [3.63, 3.8) is 0 Å². The summed E-state index contributed by atoms with van der Waals surface area (Å²) in [5.41, 5.74) is 4.14. The maximum atomic E-state index is 9.65. The van der Waals surface area contributed by atoms with Gasteiger partial charge in [0, 0.05) is 28.8 Å². The van der Waals surface area contributed by atoms with E-state index in [9.17, 15) is 5.11 Å². The Morgan fingerprint density at radius 3 is 2.92 bits per heavy atom. The lowest BCUT2D eigenvalue weighted by Crippen LogP contribution is -2.36. The highest BCUT2D eigenvalue weighted by Gasteiger charge is 2.40. The number of hydrogen-bond acceptors (Lipinski definition) is 4. The van der Waals surface area contributed by atoms with Crippen molar-refractivity contribution in [3.05, 3.63) is 58.1 Å². The maximum absolute atomic E-state index is 9.65. The number of nitriles is 1. The maximum Gasteiger partial charge on any atom is 0.117 e. The minimum atomic E-state index is -0.00138. The Kier molecular flexibility index (Phi) is 4.29. The number of nitrogens with one attached hydrogen (secondary N) is 1. The topological polar surface area (TPSA) is 65.3 Å². The van der Waals surface area contributed by atoms with E-state index in [0.717, 1.165) is 41.8 Å². The van der Waals surface area contributed by atoms with Crippen LogP contribution in [-0.4, -0.2) is 11.7 Å². The number of benzene rings is 2. The third kappa shape index (κ3) is 2.95. The molecular formula is C20H19ClN2O2. The minimum Gasteiger partial charge on any atom is -0.508 e. The summed E-state index contributed by atoms with van der Waals surface area (Å²) in [6.45, 7) is 0.749. The largest absolute Gasteiger partial charge is 0.508 e. The Bertz CT molecular complexity index is 846. The molecule has 2 heterocycles. The van der Waals surface area contributed by atoms with Crippen molar-refractivity contribution in [3.8, 4) is 11.8 Å². The Labute approximate surface area is 152 Å². The van der Waals surface area contributed by atoms with Crippen molar-refractivity contribution < 1.29 is 9.84 Å². The van der Waals surface area contributed by atoms with Crippen LogP contribution in [-0.2, 0) is 11.2 Å². The number of fused-ring (bicyclic) bond motifs is 3. The summed E-state index contributed by atoms with van der Waals surface area (Å²) in [4.78, 5) is 0. The number of phenols is 1. The van der Waals surface area contributed by atoms with Gasteiger partial charge in [-0.25, -0.2) is 0 Å². The Balaban J connectivity index is 1.77. The third-order valence-corrected chi connectivity index (χ3v) is 5.46. The Hall–Kier alpha value is -2.22. The molecule has 2 N–H and O–H groups in total. The van der Waals surface area contributed by atoms with Gasteiger partial charge < -0.3 is 15.2 Å². The molecule has 25 heavy (non-hydrogen) atoms. The number of rotatable bonds is 2. The van der Waals surface area contributed by atoms with Gasteiger partial charge in [-0.3, -0.25) is 0 Å². The van der Waals surface area contributed by atoms with Gasteiger partial charge in [-0.15, -0.1) is 0 Å². The van der Waals surface area contributed by atoms with Crippen LogP contribution in [0.1, 0.15) is 41.7 Å². The Morgan fingerprint density at radius 2 is 2.12 bits per heavy atom. The summed E-state index contributed by atoms with van der Waals surface area (Å²) in [5, 5.41) is 22.8. The summed E-state index contributed by atoms with van der Waals surface area (Å²) in [6, 6.07) is 13.5. The highest BCUT2D eigenvalue weighted by Crippen LogP contribution is 2.50. The minimum absolute atomic E-state index is 0.00138. The van der Waals surface area contributed by atoms with Gasteiger partial charge in [0.25, 0.3) is 0 Å². The molecule has 2 aliphatic rings. The zero-order chi connectivity index (χ0) is 17.4. The zero-order valence-electron chi connectivity index (χ0n) is 13.7. The second kappa shape index (κ2) is 6.59. The summed E-state index contributed by atoms with van der Waals surface area (Å²) in [6.07, 6.45) is 2.46. The molecule has 0 bridgehead atoms. The fourth-order valence-electron chi connectivity index (χ4n) is 4.00. The lowest BCUT2D eigenvalue weighted by Gasteiger charge is -2.43. The van der Waals surface area contributed by atoms with Crippen molar-refractivity contribution in [1.82, 2.24) is 0 Å². The molecule has 0 amide bonds. The van der Waals surface area contributed by atoms with E-state index < -0.39 is 0 Å². The van der Waals surface area contributed by atoms with Crippen LogP contribution in [0, 0.1) is 17.2 Å². The normalized spacial score (nSPS) is 24.6. The molecule has 0 aromatic heterocycles. The number of hydrogen-bond donors (Lipinski definition) is 2. The Morgan fingerprint density at radius 1 is 1.24 bits per heavy atom. The molecule has 2 aliphatic heterocycles. The van der Waals surface area contributed by atoms with E-state index in [1.807, 2.05) is 18.2 Å². The first-order valence-corrected chi connectivity index (χ1v) is 8.91. The molecule has 2 aromatic rings. The number of anilines is 1. The number of aromatic hydroxyl groups is 1. The van der Waals surface area contributed by atoms with Gasteiger partial charge >= 0.3 is 0 Å². The van der Waals surface area contributed by atoms with Gasteiger partial charge in [0.15, 0.2) is 0 Å². The predicted octanol–water partition coefficient (Wildman–Crippen LogP) is 4.75. The first kappa shape index (κ1) is 16.3. The lowest BCUT2D eigenvalue weighted by molar-refractivity contribution is -0.0381. The number of ether oxygens (including phenoxy) is 1. The summed E-state index contributed by atoms with van der Waals surface area (Å²) >= 11 is 6.41. The SMILES string of the molecule is N#CCc1ccc2c(c1)C1OCCCC1C(c1ccc(O)cc1Cl)N2. The molecule has 3 unspecified atom stereocenters. The average Bonchev–Trinajstić information content (AvgIpc) is 2.62. The molecular weight excluding hydrogens is 336 g/mol. The van der Waals surface area contributed by atoms with E-state index in [-0.39, 0.29) is 23.8 Å². The molecule has 128 valence electrons. The first-order valence-electron chi connectivity index (χ1n) is 8.53. The molecule has 3 atom stereocenters. The smallest absolute Gasteiger partial charge is 0.117 e. The van der Waals surface area contributed by atoms with Crippen LogP contribution in [0.2, 0.25) is 5.02 Å². The molecule has 1 fully saturated rings. The van der Waals surface area contributed by atoms with Gasteiger partial charge in [0.05, 0.1) is 24.6 Å². The van der Waals surface area contributed by atoms with E-state index in [2.05, 4.69) is 17.5 Å². The van der Waals surface area contributed by atoms with Gasteiger partial charge in [0.1, 0.15) is 5.75 Å². The molecule has 4 rings (SSSR count). The van der Waals surface area contributed by atoms with E-state index >= 15 is 0 Å². The van der Waals surface area contributed by atoms with Gasteiger partial charge in [0.2, 0.25) is 0 Å². The van der Waals surface area contributed by atoms with Crippen LogP contribution in [0.25, 0.3) is 0 Å². The quantitative estimate of drug-likeness (QED) is 0.817. The predicted molar refractivity (Wildman–Crippen MR) is 96.7 cm³/mol. The fourth-order valence-corrected chi connectivity index (χ4v) is 4.29. The van der Waals surface area contributed by atoms with E-state index in [1.165, 1.54) is 0 Å². The molecule has 1 saturated heterocycles. The van der Waals surface area contributed by atoms with E-state index in [0.29, 0.717) is 11.4 Å². The van der Waals surface area contributed by atoms with Crippen molar-refractivity contribution >= 4 is 17.3 Å².